The van der Waals surface area contributed by atoms with Gasteiger partial charge in [-0.05, 0) is 67.7 Å². The van der Waals surface area contributed by atoms with Crippen LogP contribution in [0.25, 0.3) is 6.08 Å². The summed E-state index contributed by atoms with van der Waals surface area (Å²) in [5.74, 6) is -0.522. The molecule has 0 aliphatic carbocycles. The molecule has 2 heterocycles. The van der Waals surface area contributed by atoms with E-state index in [4.69, 9.17) is 12.2 Å². The number of anilines is 1. The topological polar surface area (TPSA) is 61.4 Å². The number of carbonyl (C=O) groups excluding carboxylic acids is 2. The van der Waals surface area contributed by atoms with E-state index in [9.17, 15) is 9.59 Å². The minimum absolute atomic E-state index is 0.0464. The number of hydrogen-bond donors (Lipinski definition) is 2. The van der Waals surface area contributed by atoms with Gasteiger partial charge in [0, 0.05) is 18.3 Å². The molecule has 5 nitrogen and oxygen atoms in total. The first kappa shape index (κ1) is 16.6. The molecule has 0 spiro atoms. The van der Waals surface area contributed by atoms with Crippen LogP contribution in [0.5, 0.6) is 0 Å². The fourth-order valence-electron chi connectivity index (χ4n) is 3.46. The number of benzene rings is 1. The third-order valence-electron chi connectivity index (χ3n) is 4.91. The molecule has 1 saturated heterocycles. The highest BCUT2D eigenvalue weighted by atomic mass is 32.1. The average molecular weight is 343 g/mol. The van der Waals surface area contributed by atoms with Gasteiger partial charge in [-0.15, -0.1) is 0 Å². The van der Waals surface area contributed by atoms with Crippen molar-refractivity contribution in [3.8, 4) is 0 Å². The molecule has 2 N–H and O–H groups in total. The lowest BCUT2D eigenvalue weighted by Gasteiger charge is -2.45. The van der Waals surface area contributed by atoms with Crippen molar-refractivity contribution in [3.63, 3.8) is 0 Å². The predicted octanol–water partition coefficient (Wildman–Crippen LogP) is 2.32. The highest BCUT2D eigenvalue weighted by molar-refractivity contribution is 7.80. The van der Waals surface area contributed by atoms with E-state index in [1.54, 1.807) is 6.08 Å². The number of nitrogens with one attached hydrogen (secondary N) is 2. The van der Waals surface area contributed by atoms with Gasteiger partial charge in [-0.25, -0.2) is 0 Å². The summed E-state index contributed by atoms with van der Waals surface area (Å²) in [5, 5.41) is 4.95. The van der Waals surface area contributed by atoms with Crippen LogP contribution in [0.3, 0.4) is 0 Å². The molecule has 6 heteroatoms. The van der Waals surface area contributed by atoms with Gasteiger partial charge in [0.2, 0.25) is 0 Å². The van der Waals surface area contributed by atoms with Crippen LogP contribution in [0, 0.1) is 0 Å². The normalized spacial score (nSPS) is 22.7. The Morgan fingerprint density at radius 2 is 1.88 bits per heavy atom. The lowest BCUT2D eigenvalue weighted by atomic mass is 9.80. The number of amides is 2. The summed E-state index contributed by atoms with van der Waals surface area (Å²) in [6.45, 7) is 6.69. The third-order valence-corrected chi connectivity index (χ3v) is 5.12. The van der Waals surface area contributed by atoms with E-state index in [2.05, 4.69) is 55.5 Å². The summed E-state index contributed by atoms with van der Waals surface area (Å²) in [6.07, 6.45) is 2.66. The number of rotatable bonds is 1. The molecule has 2 aliphatic rings. The molecule has 24 heavy (non-hydrogen) atoms. The minimum atomic E-state index is -0.465. The predicted molar refractivity (Wildman–Crippen MR) is 98.8 cm³/mol. The van der Waals surface area contributed by atoms with Crippen LogP contribution in [0.15, 0.2) is 23.8 Å². The lowest BCUT2D eigenvalue weighted by molar-refractivity contribution is -0.123. The Kier molecular flexibility index (Phi) is 3.95. The standard InChI is InChI=1S/C18H21N3O2S/c1-10-9-18(2,3)21(4)14-6-5-11(7-12(10)14)8-13-15(22)19-17(24)20-16(13)23/h5-8,10H,9H2,1-4H3,(H2,19,20,22,23,24). The molecule has 0 saturated carbocycles. The van der Waals surface area contributed by atoms with E-state index < -0.39 is 11.8 Å². The second-order valence-electron chi connectivity index (χ2n) is 7.09. The van der Waals surface area contributed by atoms with Crippen LogP contribution in [-0.4, -0.2) is 29.5 Å². The number of hydrogen-bond acceptors (Lipinski definition) is 4. The van der Waals surface area contributed by atoms with E-state index in [0.717, 1.165) is 12.0 Å². The first-order valence-electron chi connectivity index (χ1n) is 7.95. The largest absolute Gasteiger partial charge is 0.369 e. The molecule has 0 bridgehead atoms. The van der Waals surface area contributed by atoms with Gasteiger partial charge in [0.05, 0.1) is 0 Å². The summed E-state index contributed by atoms with van der Waals surface area (Å²) in [5.41, 5.74) is 3.44. The molecule has 1 aromatic carbocycles. The molecule has 2 amide bonds. The zero-order valence-electron chi connectivity index (χ0n) is 14.3. The van der Waals surface area contributed by atoms with Gasteiger partial charge in [0.1, 0.15) is 5.57 Å². The Morgan fingerprint density at radius 1 is 1.25 bits per heavy atom. The summed E-state index contributed by atoms with van der Waals surface area (Å²) >= 11 is 4.81. The van der Waals surface area contributed by atoms with Crippen molar-refractivity contribution in [2.75, 3.05) is 11.9 Å². The summed E-state index contributed by atoms with van der Waals surface area (Å²) in [4.78, 5) is 26.2. The van der Waals surface area contributed by atoms with E-state index in [-0.39, 0.29) is 16.2 Å². The number of thiocarbonyl (C=S) groups is 1. The average Bonchev–Trinajstić information content (AvgIpc) is 2.48. The molecule has 1 atom stereocenters. The van der Waals surface area contributed by atoms with Gasteiger partial charge in [0.25, 0.3) is 11.8 Å². The summed E-state index contributed by atoms with van der Waals surface area (Å²) in [7, 11) is 2.10. The molecule has 0 aromatic heterocycles. The third kappa shape index (κ3) is 2.82. The van der Waals surface area contributed by atoms with E-state index in [0.29, 0.717) is 5.92 Å². The van der Waals surface area contributed by atoms with Gasteiger partial charge in [0.15, 0.2) is 5.11 Å². The van der Waals surface area contributed by atoms with Crippen molar-refractivity contribution in [2.45, 2.75) is 38.6 Å². The highest BCUT2D eigenvalue weighted by Gasteiger charge is 2.34. The monoisotopic (exact) mass is 343 g/mol. The quantitative estimate of drug-likeness (QED) is 0.467. The molecular weight excluding hydrogens is 322 g/mol. The molecule has 2 aliphatic heterocycles. The fourth-order valence-corrected chi connectivity index (χ4v) is 3.64. The smallest absolute Gasteiger partial charge is 0.263 e. The van der Waals surface area contributed by atoms with Crippen LogP contribution in [0.4, 0.5) is 5.69 Å². The number of carbonyl (C=O) groups is 2. The molecule has 1 unspecified atom stereocenters. The zero-order chi connectivity index (χ0) is 17.6. The summed E-state index contributed by atoms with van der Waals surface area (Å²) < 4.78 is 0. The van der Waals surface area contributed by atoms with Crippen molar-refractivity contribution in [2.24, 2.45) is 0 Å². The van der Waals surface area contributed by atoms with Crippen LogP contribution in [0.2, 0.25) is 0 Å². The Hall–Kier alpha value is -2.21. The molecule has 0 radical (unpaired) electrons. The van der Waals surface area contributed by atoms with Crippen LogP contribution in [-0.2, 0) is 9.59 Å². The van der Waals surface area contributed by atoms with Crippen molar-refractivity contribution in [3.05, 3.63) is 34.9 Å². The van der Waals surface area contributed by atoms with Crippen molar-refractivity contribution in [1.29, 1.82) is 0 Å². The molecule has 1 fully saturated rings. The first-order chi connectivity index (χ1) is 11.2. The van der Waals surface area contributed by atoms with E-state index in [1.165, 1.54) is 11.3 Å². The number of nitrogens with zero attached hydrogens (tertiary/aromatic N) is 1. The molecule has 126 valence electrons. The number of fused-ring (bicyclic) bond motifs is 1. The van der Waals surface area contributed by atoms with Gasteiger partial charge < -0.3 is 4.90 Å². The Bertz CT molecular complexity index is 760. The minimum Gasteiger partial charge on any atom is -0.369 e. The van der Waals surface area contributed by atoms with Crippen molar-refractivity contribution >= 4 is 40.9 Å². The van der Waals surface area contributed by atoms with Gasteiger partial charge >= 0.3 is 0 Å². The van der Waals surface area contributed by atoms with Crippen LogP contribution < -0.4 is 15.5 Å². The second kappa shape index (κ2) is 5.70. The maximum absolute atomic E-state index is 12.0. The Labute approximate surface area is 147 Å². The van der Waals surface area contributed by atoms with Gasteiger partial charge in [-0.2, -0.15) is 0 Å². The molecule has 1 aromatic rings. The SMILES string of the molecule is CC1CC(C)(C)N(C)c2ccc(C=C3C(=O)NC(=S)NC3=O)cc21. The Balaban J connectivity index is 1.99. The molecular formula is C18H21N3O2S. The maximum atomic E-state index is 12.0. The van der Waals surface area contributed by atoms with E-state index >= 15 is 0 Å². The van der Waals surface area contributed by atoms with E-state index in [1.807, 2.05) is 6.07 Å². The molecule has 3 rings (SSSR count). The first-order valence-corrected chi connectivity index (χ1v) is 8.36. The van der Waals surface area contributed by atoms with Crippen molar-refractivity contribution in [1.82, 2.24) is 10.6 Å². The fraction of sp³-hybridized carbons (Fsp3) is 0.389. The van der Waals surface area contributed by atoms with Crippen LogP contribution >= 0.6 is 12.2 Å². The second-order valence-corrected chi connectivity index (χ2v) is 7.50. The lowest BCUT2D eigenvalue weighted by Crippen LogP contribution is -2.51. The van der Waals surface area contributed by atoms with Crippen molar-refractivity contribution < 1.29 is 9.59 Å². The Morgan fingerprint density at radius 3 is 2.50 bits per heavy atom. The highest BCUT2D eigenvalue weighted by Crippen LogP contribution is 2.42. The summed E-state index contributed by atoms with van der Waals surface area (Å²) in [6, 6.07) is 6.05. The van der Waals surface area contributed by atoms with Gasteiger partial charge in [-0.1, -0.05) is 13.0 Å². The zero-order valence-corrected chi connectivity index (χ0v) is 15.1. The van der Waals surface area contributed by atoms with Crippen LogP contribution in [0.1, 0.15) is 44.2 Å². The maximum Gasteiger partial charge on any atom is 0.263 e. The van der Waals surface area contributed by atoms with Gasteiger partial charge in [-0.3, -0.25) is 20.2 Å².